The maximum Gasteiger partial charge on any atom is 0.243 e. The van der Waals surface area contributed by atoms with Gasteiger partial charge in [0.1, 0.15) is 0 Å². The number of benzene rings is 1. The monoisotopic (exact) mass is 366 g/mol. The van der Waals surface area contributed by atoms with Crippen molar-refractivity contribution in [2.75, 3.05) is 5.32 Å². The minimum atomic E-state index is -3.51. The number of rotatable bonds is 6. The van der Waals surface area contributed by atoms with Gasteiger partial charge in [0.05, 0.1) is 4.90 Å². The topological polar surface area (TPSA) is 66.5 Å². The third-order valence-corrected chi connectivity index (χ3v) is 6.92. The summed E-state index contributed by atoms with van der Waals surface area (Å²) in [5, 5.41) is 2.83. The molecule has 0 aliphatic carbocycles. The lowest BCUT2D eigenvalue weighted by molar-refractivity contribution is -0.116. The SMILES string of the molecule is CC(C)CCC(=O)Nc1ccc(S(=O)(=O)N2[C@H](C)CCC[C@@H]2C)cc1. The predicted molar refractivity (Wildman–Crippen MR) is 101 cm³/mol. The number of hydrogen-bond acceptors (Lipinski definition) is 3. The first kappa shape index (κ1) is 19.9. The first-order valence-electron chi connectivity index (χ1n) is 9.15. The van der Waals surface area contributed by atoms with Crippen LogP contribution in [0.25, 0.3) is 0 Å². The predicted octanol–water partition coefficient (Wildman–Crippen LogP) is 4.01. The lowest BCUT2D eigenvalue weighted by Gasteiger charge is -2.37. The minimum Gasteiger partial charge on any atom is -0.326 e. The van der Waals surface area contributed by atoms with Gasteiger partial charge in [0.15, 0.2) is 0 Å². The summed E-state index contributed by atoms with van der Waals surface area (Å²) in [6, 6.07) is 6.54. The molecule has 1 aliphatic rings. The number of carbonyl (C=O) groups excluding carboxylic acids is 1. The Morgan fingerprint density at radius 2 is 1.72 bits per heavy atom. The second-order valence-corrected chi connectivity index (χ2v) is 9.31. The van der Waals surface area contributed by atoms with Crippen LogP contribution in [-0.2, 0) is 14.8 Å². The van der Waals surface area contributed by atoms with Gasteiger partial charge in [-0.25, -0.2) is 8.42 Å². The van der Waals surface area contributed by atoms with E-state index in [0.717, 1.165) is 25.7 Å². The summed E-state index contributed by atoms with van der Waals surface area (Å²) in [5.41, 5.74) is 0.632. The number of anilines is 1. The Kier molecular flexibility index (Phi) is 6.63. The first-order chi connectivity index (χ1) is 11.7. The third-order valence-electron chi connectivity index (χ3n) is 4.77. The van der Waals surface area contributed by atoms with Crippen LogP contribution in [0.4, 0.5) is 5.69 Å². The highest BCUT2D eigenvalue weighted by molar-refractivity contribution is 7.89. The maximum absolute atomic E-state index is 13.0. The summed E-state index contributed by atoms with van der Waals surface area (Å²) in [6.07, 6.45) is 4.17. The highest BCUT2D eigenvalue weighted by atomic mass is 32.2. The van der Waals surface area contributed by atoms with Crippen LogP contribution in [0.3, 0.4) is 0 Å². The van der Waals surface area contributed by atoms with E-state index in [2.05, 4.69) is 19.2 Å². The Morgan fingerprint density at radius 1 is 1.16 bits per heavy atom. The molecule has 1 saturated heterocycles. The average molecular weight is 367 g/mol. The zero-order chi connectivity index (χ0) is 18.6. The Morgan fingerprint density at radius 3 is 2.24 bits per heavy atom. The quantitative estimate of drug-likeness (QED) is 0.827. The molecule has 2 rings (SSSR count). The van der Waals surface area contributed by atoms with Gasteiger partial charge in [-0.15, -0.1) is 0 Å². The fraction of sp³-hybridized carbons (Fsp3) is 0.632. The largest absolute Gasteiger partial charge is 0.326 e. The van der Waals surface area contributed by atoms with Crippen molar-refractivity contribution in [1.82, 2.24) is 4.31 Å². The Hall–Kier alpha value is -1.40. The van der Waals surface area contributed by atoms with Gasteiger partial charge in [0, 0.05) is 24.2 Å². The summed E-state index contributed by atoms with van der Waals surface area (Å²) >= 11 is 0. The van der Waals surface area contributed by atoms with Crippen molar-refractivity contribution in [3.63, 3.8) is 0 Å². The van der Waals surface area contributed by atoms with Gasteiger partial charge < -0.3 is 5.32 Å². The molecular weight excluding hydrogens is 336 g/mol. The second kappa shape index (κ2) is 8.32. The number of carbonyl (C=O) groups is 1. The van der Waals surface area contributed by atoms with Gasteiger partial charge in [0.25, 0.3) is 0 Å². The van der Waals surface area contributed by atoms with Crippen molar-refractivity contribution in [1.29, 1.82) is 0 Å². The van der Waals surface area contributed by atoms with E-state index in [1.165, 1.54) is 0 Å². The lowest BCUT2D eigenvalue weighted by Crippen LogP contribution is -2.47. The molecule has 1 aliphatic heterocycles. The van der Waals surface area contributed by atoms with E-state index in [9.17, 15) is 13.2 Å². The molecule has 6 heteroatoms. The smallest absolute Gasteiger partial charge is 0.243 e. The zero-order valence-corrected chi connectivity index (χ0v) is 16.5. The molecule has 140 valence electrons. The molecule has 0 aromatic heterocycles. The molecule has 0 radical (unpaired) electrons. The van der Waals surface area contributed by atoms with Crippen LogP contribution in [0.15, 0.2) is 29.2 Å². The number of hydrogen-bond donors (Lipinski definition) is 1. The Balaban J connectivity index is 2.09. The molecule has 0 spiro atoms. The third kappa shape index (κ3) is 5.05. The van der Waals surface area contributed by atoms with E-state index in [-0.39, 0.29) is 22.9 Å². The van der Waals surface area contributed by atoms with Gasteiger partial charge in [-0.2, -0.15) is 4.31 Å². The highest BCUT2D eigenvalue weighted by Gasteiger charge is 2.35. The molecule has 0 saturated carbocycles. The lowest BCUT2D eigenvalue weighted by atomic mass is 10.0. The number of amides is 1. The molecular formula is C19H30N2O3S. The Bertz CT molecular complexity index is 673. The van der Waals surface area contributed by atoms with Gasteiger partial charge >= 0.3 is 0 Å². The zero-order valence-electron chi connectivity index (χ0n) is 15.7. The second-order valence-electron chi connectivity index (χ2n) is 7.47. The number of nitrogens with one attached hydrogen (secondary N) is 1. The highest BCUT2D eigenvalue weighted by Crippen LogP contribution is 2.29. The van der Waals surface area contributed by atoms with Crippen LogP contribution in [0.2, 0.25) is 0 Å². The average Bonchev–Trinajstić information content (AvgIpc) is 2.53. The van der Waals surface area contributed by atoms with E-state index in [0.29, 0.717) is 18.0 Å². The molecule has 1 heterocycles. The maximum atomic E-state index is 13.0. The normalized spacial score (nSPS) is 22.1. The van der Waals surface area contributed by atoms with Crippen molar-refractivity contribution >= 4 is 21.6 Å². The molecule has 1 N–H and O–H groups in total. The van der Waals surface area contributed by atoms with Crippen LogP contribution in [-0.4, -0.2) is 30.7 Å². The first-order valence-corrected chi connectivity index (χ1v) is 10.6. The standard InChI is InChI=1S/C19H30N2O3S/c1-14(2)8-13-19(22)20-17-9-11-18(12-10-17)25(23,24)21-15(3)6-5-7-16(21)4/h9-12,14-16H,5-8,13H2,1-4H3,(H,20,22)/t15-,16+. The van der Waals surface area contributed by atoms with Crippen LogP contribution >= 0.6 is 0 Å². The van der Waals surface area contributed by atoms with Gasteiger partial charge in [-0.3, -0.25) is 4.79 Å². The summed E-state index contributed by atoms with van der Waals surface area (Å²) < 4.78 is 27.5. The van der Waals surface area contributed by atoms with Crippen molar-refractivity contribution in [3.8, 4) is 0 Å². The molecule has 2 atom stereocenters. The van der Waals surface area contributed by atoms with Gasteiger partial charge in [0.2, 0.25) is 15.9 Å². The van der Waals surface area contributed by atoms with Crippen LogP contribution in [0.5, 0.6) is 0 Å². The molecule has 0 unspecified atom stereocenters. The summed E-state index contributed by atoms with van der Waals surface area (Å²) in [7, 11) is -3.51. The molecule has 5 nitrogen and oxygen atoms in total. The van der Waals surface area contributed by atoms with Crippen molar-refractivity contribution < 1.29 is 13.2 Å². The molecule has 25 heavy (non-hydrogen) atoms. The number of nitrogens with zero attached hydrogens (tertiary/aromatic N) is 1. The van der Waals surface area contributed by atoms with Crippen molar-refractivity contribution in [2.45, 2.75) is 76.8 Å². The fourth-order valence-corrected chi connectivity index (χ4v) is 5.23. The van der Waals surface area contributed by atoms with Crippen LogP contribution < -0.4 is 5.32 Å². The van der Waals surface area contributed by atoms with Gasteiger partial charge in [-0.05, 0) is 63.3 Å². The Labute approximate surface area is 151 Å². The fourth-order valence-electron chi connectivity index (χ4n) is 3.35. The van der Waals surface area contributed by atoms with E-state index in [1.807, 2.05) is 13.8 Å². The number of piperidine rings is 1. The summed E-state index contributed by atoms with van der Waals surface area (Å²) in [6.45, 7) is 8.10. The van der Waals surface area contributed by atoms with E-state index in [4.69, 9.17) is 0 Å². The molecule has 1 aromatic carbocycles. The minimum absolute atomic E-state index is 0.0177. The summed E-state index contributed by atoms with van der Waals surface area (Å²) in [5.74, 6) is 0.439. The number of sulfonamides is 1. The molecule has 0 bridgehead atoms. The van der Waals surface area contributed by atoms with E-state index < -0.39 is 10.0 Å². The van der Waals surface area contributed by atoms with Crippen LogP contribution in [0.1, 0.15) is 59.8 Å². The van der Waals surface area contributed by atoms with E-state index >= 15 is 0 Å². The van der Waals surface area contributed by atoms with Gasteiger partial charge in [-0.1, -0.05) is 20.3 Å². The van der Waals surface area contributed by atoms with Crippen molar-refractivity contribution in [2.24, 2.45) is 5.92 Å². The molecule has 1 fully saturated rings. The van der Waals surface area contributed by atoms with E-state index in [1.54, 1.807) is 28.6 Å². The molecule has 1 amide bonds. The van der Waals surface area contributed by atoms with Crippen LogP contribution in [0, 0.1) is 5.92 Å². The molecule has 1 aromatic rings. The van der Waals surface area contributed by atoms with Crippen molar-refractivity contribution in [3.05, 3.63) is 24.3 Å². The summed E-state index contributed by atoms with van der Waals surface area (Å²) in [4.78, 5) is 12.2.